The summed E-state index contributed by atoms with van der Waals surface area (Å²) in [6.45, 7) is 3.60. The Morgan fingerprint density at radius 3 is 3.00 bits per heavy atom. The highest BCUT2D eigenvalue weighted by Crippen LogP contribution is 2.25. The quantitative estimate of drug-likeness (QED) is 0.742. The van der Waals surface area contributed by atoms with Crippen molar-refractivity contribution in [2.24, 2.45) is 0 Å². The van der Waals surface area contributed by atoms with Crippen molar-refractivity contribution in [3.8, 4) is 0 Å². The van der Waals surface area contributed by atoms with Crippen LogP contribution in [0.4, 0.5) is 5.69 Å². The number of nitrogen functional groups attached to an aromatic ring is 1. The molecule has 0 radical (unpaired) electrons. The Kier molecular flexibility index (Phi) is 3.33. The summed E-state index contributed by atoms with van der Waals surface area (Å²) < 4.78 is 0. The number of nitrogens with zero attached hydrogens (tertiary/aromatic N) is 1. The molecule has 0 saturated carbocycles. The van der Waals surface area contributed by atoms with E-state index in [1.807, 2.05) is 19.1 Å². The second-order valence-electron chi connectivity index (χ2n) is 4.50. The van der Waals surface area contributed by atoms with Crippen molar-refractivity contribution in [1.82, 2.24) is 10.2 Å². The van der Waals surface area contributed by atoms with Crippen LogP contribution in [0, 0.1) is 0 Å². The van der Waals surface area contributed by atoms with E-state index in [0.29, 0.717) is 0 Å². The van der Waals surface area contributed by atoms with Gasteiger partial charge < -0.3 is 11.1 Å². The van der Waals surface area contributed by atoms with Gasteiger partial charge in [-0.15, -0.1) is 0 Å². The SMILES string of the molecule is CNC(=O)C(C)N1CCc2cccc(N)c2C1. The van der Waals surface area contributed by atoms with Crippen LogP contribution < -0.4 is 11.1 Å². The van der Waals surface area contributed by atoms with Crippen LogP contribution in [-0.2, 0) is 17.8 Å². The van der Waals surface area contributed by atoms with Gasteiger partial charge in [-0.1, -0.05) is 12.1 Å². The second kappa shape index (κ2) is 4.75. The van der Waals surface area contributed by atoms with Gasteiger partial charge in [-0.05, 0) is 30.5 Å². The molecule has 1 aliphatic rings. The molecular formula is C13H19N3O. The molecule has 1 heterocycles. The molecule has 0 fully saturated rings. The number of hydrogen-bond acceptors (Lipinski definition) is 3. The van der Waals surface area contributed by atoms with Crippen molar-refractivity contribution >= 4 is 11.6 Å². The Morgan fingerprint density at radius 1 is 1.53 bits per heavy atom. The van der Waals surface area contributed by atoms with Crippen LogP contribution in [0.3, 0.4) is 0 Å². The number of anilines is 1. The predicted molar refractivity (Wildman–Crippen MR) is 68.5 cm³/mol. The maximum Gasteiger partial charge on any atom is 0.236 e. The summed E-state index contributed by atoms with van der Waals surface area (Å²) in [5.74, 6) is 0.0583. The largest absolute Gasteiger partial charge is 0.398 e. The molecule has 0 aliphatic carbocycles. The average Bonchev–Trinajstić information content (AvgIpc) is 2.37. The highest BCUT2D eigenvalue weighted by molar-refractivity contribution is 5.81. The van der Waals surface area contributed by atoms with Gasteiger partial charge in [-0.3, -0.25) is 9.69 Å². The molecule has 0 spiro atoms. The van der Waals surface area contributed by atoms with Crippen molar-refractivity contribution in [2.45, 2.75) is 25.9 Å². The number of nitrogens with one attached hydrogen (secondary N) is 1. The molecule has 0 bridgehead atoms. The number of carbonyl (C=O) groups excluding carboxylic acids is 1. The monoisotopic (exact) mass is 233 g/mol. The lowest BCUT2D eigenvalue weighted by Gasteiger charge is -2.33. The standard InChI is InChI=1S/C13H19N3O/c1-9(13(17)15-2)16-7-6-10-4-3-5-12(14)11(10)8-16/h3-5,9H,6-8,14H2,1-2H3,(H,15,17). The van der Waals surface area contributed by atoms with Crippen molar-refractivity contribution in [1.29, 1.82) is 0 Å². The molecule has 1 aromatic rings. The van der Waals surface area contributed by atoms with Gasteiger partial charge in [-0.2, -0.15) is 0 Å². The Labute approximate surface area is 102 Å². The second-order valence-corrected chi connectivity index (χ2v) is 4.50. The van der Waals surface area contributed by atoms with E-state index in [2.05, 4.69) is 16.3 Å². The van der Waals surface area contributed by atoms with Crippen LogP contribution in [0.2, 0.25) is 0 Å². The number of hydrogen-bond donors (Lipinski definition) is 2. The van der Waals surface area contributed by atoms with E-state index in [-0.39, 0.29) is 11.9 Å². The van der Waals surface area contributed by atoms with Crippen LogP contribution in [0.25, 0.3) is 0 Å². The van der Waals surface area contributed by atoms with Crippen molar-refractivity contribution in [3.63, 3.8) is 0 Å². The van der Waals surface area contributed by atoms with Crippen molar-refractivity contribution < 1.29 is 4.79 Å². The van der Waals surface area contributed by atoms with Gasteiger partial charge in [0.2, 0.25) is 5.91 Å². The summed E-state index contributed by atoms with van der Waals surface area (Å²) in [4.78, 5) is 13.8. The van der Waals surface area contributed by atoms with Crippen molar-refractivity contribution in [3.05, 3.63) is 29.3 Å². The Morgan fingerprint density at radius 2 is 2.29 bits per heavy atom. The minimum Gasteiger partial charge on any atom is -0.398 e. The molecule has 4 heteroatoms. The van der Waals surface area contributed by atoms with Gasteiger partial charge in [0.15, 0.2) is 0 Å². The summed E-state index contributed by atoms with van der Waals surface area (Å²) in [5.41, 5.74) is 9.30. The smallest absolute Gasteiger partial charge is 0.236 e. The molecule has 1 amide bonds. The number of likely N-dealkylation sites (N-methyl/N-ethyl adjacent to an activating group) is 1. The number of nitrogens with two attached hydrogens (primary N) is 1. The van der Waals surface area contributed by atoms with Crippen molar-refractivity contribution in [2.75, 3.05) is 19.3 Å². The van der Waals surface area contributed by atoms with E-state index in [1.165, 1.54) is 11.1 Å². The van der Waals surface area contributed by atoms with Gasteiger partial charge in [-0.25, -0.2) is 0 Å². The van der Waals surface area contributed by atoms with Crippen LogP contribution in [-0.4, -0.2) is 30.4 Å². The van der Waals surface area contributed by atoms with Gasteiger partial charge in [0, 0.05) is 25.8 Å². The first kappa shape index (κ1) is 11.9. The Hall–Kier alpha value is -1.55. The van der Waals surface area contributed by atoms with Crippen LogP contribution in [0.15, 0.2) is 18.2 Å². The molecule has 1 aliphatic heterocycles. The fraction of sp³-hybridized carbons (Fsp3) is 0.462. The van der Waals surface area contributed by atoms with Crippen LogP contribution in [0.1, 0.15) is 18.1 Å². The number of rotatable bonds is 2. The molecule has 1 atom stereocenters. The van der Waals surface area contributed by atoms with E-state index >= 15 is 0 Å². The molecule has 4 nitrogen and oxygen atoms in total. The molecule has 1 unspecified atom stereocenters. The van der Waals surface area contributed by atoms with Crippen LogP contribution in [0.5, 0.6) is 0 Å². The first-order chi connectivity index (χ1) is 8.13. The number of carbonyl (C=O) groups is 1. The van der Waals surface area contributed by atoms with E-state index in [4.69, 9.17) is 5.73 Å². The van der Waals surface area contributed by atoms with Gasteiger partial charge in [0.05, 0.1) is 6.04 Å². The molecule has 2 rings (SSSR count). The predicted octanol–water partition coefficient (Wildman–Crippen LogP) is 0.761. The number of fused-ring (bicyclic) bond motifs is 1. The van der Waals surface area contributed by atoms with Gasteiger partial charge >= 0.3 is 0 Å². The Balaban J connectivity index is 2.18. The van der Waals surface area contributed by atoms with Gasteiger partial charge in [0.1, 0.15) is 0 Å². The molecule has 3 N–H and O–H groups in total. The zero-order valence-electron chi connectivity index (χ0n) is 10.4. The van der Waals surface area contributed by atoms with E-state index in [0.717, 1.165) is 25.2 Å². The summed E-state index contributed by atoms with van der Waals surface area (Å²) in [7, 11) is 1.67. The third-order valence-electron chi connectivity index (χ3n) is 3.51. The summed E-state index contributed by atoms with van der Waals surface area (Å²) >= 11 is 0. The summed E-state index contributed by atoms with van der Waals surface area (Å²) in [6.07, 6.45) is 0.960. The lowest BCUT2D eigenvalue weighted by Crippen LogP contribution is -2.46. The van der Waals surface area contributed by atoms with E-state index in [1.54, 1.807) is 7.05 Å². The van der Waals surface area contributed by atoms with E-state index in [9.17, 15) is 4.79 Å². The molecule has 92 valence electrons. The molecule has 17 heavy (non-hydrogen) atoms. The Bertz CT molecular complexity index is 431. The molecule has 0 aromatic heterocycles. The number of amides is 1. The number of benzene rings is 1. The third kappa shape index (κ3) is 2.26. The summed E-state index contributed by atoms with van der Waals surface area (Å²) in [5, 5.41) is 2.69. The van der Waals surface area contributed by atoms with Gasteiger partial charge in [0.25, 0.3) is 0 Å². The topological polar surface area (TPSA) is 58.4 Å². The highest BCUT2D eigenvalue weighted by Gasteiger charge is 2.25. The molecule has 0 saturated heterocycles. The fourth-order valence-electron chi connectivity index (χ4n) is 2.33. The van der Waals surface area contributed by atoms with Crippen LogP contribution >= 0.6 is 0 Å². The lowest BCUT2D eigenvalue weighted by atomic mass is 9.97. The zero-order valence-corrected chi connectivity index (χ0v) is 10.4. The third-order valence-corrected chi connectivity index (χ3v) is 3.51. The maximum absolute atomic E-state index is 11.6. The first-order valence-electron chi connectivity index (χ1n) is 5.95. The first-order valence-corrected chi connectivity index (χ1v) is 5.95. The maximum atomic E-state index is 11.6. The van der Waals surface area contributed by atoms with E-state index < -0.39 is 0 Å². The normalized spacial score (nSPS) is 17.3. The summed E-state index contributed by atoms with van der Waals surface area (Å²) in [6, 6.07) is 5.93. The fourth-order valence-corrected chi connectivity index (χ4v) is 2.33. The highest BCUT2D eigenvalue weighted by atomic mass is 16.2. The lowest BCUT2D eigenvalue weighted by molar-refractivity contribution is -0.125. The molecular weight excluding hydrogens is 214 g/mol. The molecule has 1 aromatic carbocycles. The zero-order chi connectivity index (χ0) is 12.4. The minimum absolute atomic E-state index is 0.0583. The average molecular weight is 233 g/mol. The minimum atomic E-state index is -0.104.